The molecule has 2 amide bonds. The molecule has 35 heavy (non-hydrogen) atoms. The number of benzene rings is 3. The van der Waals surface area contributed by atoms with Gasteiger partial charge in [0.25, 0.3) is 5.91 Å². The molecule has 3 aromatic carbocycles. The summed E-state index contributed by atoms with van der Waals surface area (Å²) in [7, 11) is 0. The van der Waals surface area contributed by atoms with Crippen molar-refractivity contribution < 1.29 is 9.59 Å². The number of hydrogen-bond acceptors (Lipinski definition) is 4. The maximum Gasteiger partial charge on any atom is 0.259 e. The molecule has 0 spiro atoms. The lowest BCUT2D eigenvalue weighted by atomic mass is 10.1. The zero-order valence-corrected chi connectivity index (χ0v) is 21.0. The van der Waals surface area contributed by atoms with E-state index in [1.807, 2.05) is 62.4 Å². The number of nitrogens with zero attached hydrogens (tertiary/aromatic N) is 2. The van der Waals surface area contributed by atoms with Gasteiger partial charge in [-0.2, -0.15) is 0 Å². The van der Waals surface area contributed by atoms with Crippen molar-refractivity contribution in [3.05, 3.63) is 98.3 Å². The van der Waals surface area contributed by atoms with Crippen LogP contribution in [0.15, 0.2) is 66.7 Å². The number of halogens is 1. The van der Waals surface area contributed by atoms with Crippen LogP contribution in [0.3, 0.4) is 0 Å². The first-order chi connectivity index (χ1) is 16.9. The topological polar surface area (TPSA) is 62.3 Å². The zero-order valence-electron chi connectivity index (χ0n) is 19.5. The molecule has 0 atom stereocenters. The van der Waals surface area contributed by atoms with Crippen LogP contribution in [-0.4, -0.2) is 23.3 Å². The van der Waals surface area contributed by atoms with Crippen molar-refractivity contribution in [1.82, 2.24) is 4.98 Å². The van der Waals surface area contributed by atoms with E-state index >= 15 is 0 Å². The van der Waals surface area contributed by atoms with Crippen molar-refractivity contribution in [2.75, 3.05) is 16.8 Å². The molecule has 0 saturated carbocycles. The third-order valence-corrected chi connectivity index (χ3v) is 7.50. The number of fused-ring (bicyclic) bond motifs is 3. The number of amides is 2. The Labute approximate surface area is 213 Å². The molecule has 176 valence electrons. The molecule has 5 rings (SSSR count). The molecule has 7 heteroatoms. The first kappa shape index (κ1) is 23.3. The minimum Gasteiger partial charge on any atom is -0.326 e. The number of thiazole rings is 1. The molecule has 0 unspecified atom stereocenters. The molecule has 1 N–H and O–H groups in total. The lowest BCUT2D eigenvalue weighted by Gasteiger charge is -2.23. The summed E-state index contributed by atoms with van der Waals surface area (Å²) in [6.07, 6.45) is 0.999. The van der Waals surface area contributed by atoms with Crippen LogP contribution in [0, 0.1) is 13.8 Å². The van der Waals surface area contributed by atoms with Gasteiger partial charge in [-0.15, -0.1) is 11.3 Å². The van der Waals surface area contributed by atoms with Gasteiger partial charge in [0.2, 0.25) is 5.91 Å². The van der Waals surface area contributed by atoms with E-state index in [2.05, 4.69) is 5.32 Å². The fourth-order valence-corrected chi connectivity index (χ4v) is 5.60. The molecule has 1 aliphatic rings. The van der Waals surface area contributed by atoms with Gasteiger partial charge in [-0.1, -0.05) is 54.1 Å². The summed E-state index contributed by atoms with van der Waals surface area (Å²) in [6.45, 7) is 4.53. The molecule has 0 saturated heterocycles. The van der Waals surface area contributed by atoms with Crippen LogP contribution in [0.25, 0.3) is 11.3 Å². The summed E-state index contributed by atoms with van der Waals surface area (Å²) in [5.74, 6) is -0.308. The Kier molecular flexibility index (Phi) is 6.41. The quantitative estimate of drug-likeness (QED) is 0.349. The van der Waals surface area contributed by atoms with E-state index in [0.717, 1.165) is 39.5 Å². The maximum atomic E-state index is 13.6. The SMILES string of the molecule is Cc1nc2c(s1)CCN(C(=O)c1ccc(NC(=O)Cc3ccccc3C)cc1Cl)c1ccccc1-2. The van der Waals surface area contributed by atoms with Crippen LogP contribution in [0.4, 0.5) is 11.4 Å². The second kappa shape index (κ2) is 9.64. The lowest BCUT2D eigenvalue weighted by molar-refractivity contribution is -0.115. The number of carbonyl (C=O) groups excluding carboxylic acids is 2. The van der Waals surface area contributed by atoms with E-state index in [4.69, 9.17) is 16.6 Å². The van der Waals surface area contributed by atoms with Crippen molar-refractivity contribution in [2.45, 2.75) is 26.7 Å². The second-order valence-electron chi connectivity index (χ2n) is 8.57. The number of hydrogen-bond donors (Lipinski definition) is 1. The fraction of sp³-hybridized carbons (Fsp3) is 0.179. The molecule has 2 heterocycles. The summed E-state index contributed by atoms with van der Waals surface area (Å²) in [5.41, 5.74) is 5.73. The number of rotatable bonds is 4. The average molecular weight is 502 g/mol. The number of anilines is 2. The van der Waals surface area contributed by atoms with E-state index in [1.54, 1.807) is 34.4 Å². The zero-order chi connectivity index (χ0) is 24.5. The molecular weight excluding hydrogens is 478 g/mol. The van der Waals surface area contributed by atoms with Gasteiger partial charge in [0.05, 0.1) is 33.4 Å². The molecule has 1 aliphatic heterocycles. The normalized spacial score (nSPS) is 12.5. The molecule has 1 aromatic heterocycles. The Balaban J connectivity index is 1.37. The van der Waals surface area contributed by atoms with Crippen LogP contribution in [-0.2, 0) is 17.6 Å². The van der Waals surface area contributed by atoms with Gasteiger partial charge in [-0.05, 0) is 49.2 Å². The Morgan fingerprint density at radius 3 is 2.63 bits per heavy atom. The summed E-state index contributed by atoms with van der Waals surface area (Å²) >= 11 is 8.23. The number of aromatic nitrogens is 1. The number of aryl methyl sites for hydroxylation is 2. The highest BCUT2D eigenvalue weighted by molar-refractivity contribution is 7.12. The van der Waals surface area contributed by atoms with E-state index < -0.39 is 0 Å². The molecule has 4 aromatic rings. The van der Waals surface area contributed by atoms with Gasteiger partial charge in [0.15, 0.2) is 0 Å². The largest absolute Gasteiger partial charge is 0.326 e. The highest BCUT2D eigenvalue weighted by atomic mass is 35.5. The van der Waals surface area contributed by atoms with Crippen molar-refractivity contribution in [3.63, 3.8) is 0 Å². The molecule has 5 nitrogen and oxygen atoms in total. The van der Waals surface area contributed by atoms with Crippen LogP contribution in [0.5, 0.6) is 0 Å². The summed E-state index contributed by atoms with van der Waals surface area (Å²) in [6, 6.07) is 20.7. The first-order valence-electron chi connectivity index (χ1n) is 11.4. The number of nitrogens with one attached hydrogen (secondary N) is 1. The first-order valence-corrected chi connectivity index (χ1v) is 12.6. The maximum absolute atomic E-state index is 13.6. The standard InChI is InChI=1S/C28H24ClN3O2S/c1-17-7-3-4-8-19(17)15-26(33)31-20-11-12-21(23(29)16-20)28(34)32-14-13-25-27(30-18(2)35-25)22-9-5-6-10-24(22)32/h3-12,16H,13-15H2,1-2H3,(H,31,33). The van der Waals surface area contributed by atoms with Crippen molar-refractivity contribution in [3.8, 4) is 11.3 Å². The lowest BCUT2D eigenvalue weighted by Crippen LogP contribution is -2.32. The molecule has 0 fully saturated rings. The summed E-state index contributed by atoms with van der Waals surface area (Å²) < 4.78 is 0. The Morgan fingerprint density at radius 2 is 1.83 bits per heavy atom. The highest BCUT2D eigenvalue weighted by Gasteiger charge is 2.28. The Bertz CT molecular complexity index is 1450. The predicted octanol–water partition coefficient (Wildman–Crippen LogP) is 6.46. The third kappa shape index (κ3) is 4.72. The van der Waals surface area contributed by atoms with Gasteiger partial charge in [-0.25, -0.2) is 4.98 Å². The number of carbonyl (C=O) groups is 2. The fourth-order valence-electron chi connectivity index (χ4n) is 4.40. The van der Waals surface area contributed by atoms with Crippen molar-refractivity contribution in [2.24, 2.45) is 0 Å². The monoisotopic (exact) mass is 501 g/mol. The van der Waals surface area contributed by atoms with Crippen LogP contribution in [0.1, 0.15) is 31.4 Å². The van der Waals surface area contributed by atoms with Gasteiger partial charge in [0.1, 0.15) is 0 Å². The molecular formula is C28H24ClN3O2S. The van der Waals surface area contributed by atoms with Crippen LogP contribution >= 0.6 is 22.9 Å². The highest BCUT2D eigenvalue weighted by Crippen LogP contribution is 2.39. The van der Waals surface area contributed by atoms with E-state index in [0.29, 0.717) is 22.8 Å². The summed E-state index contributed by atoms with van der Waals surface area (Å²) in [4.78, 5) is 33.9. The van der Waals surface area contributed by atoms with E-state index in [9.17, 15) is 9.59 Å². The smallest absolute Gasteiger partial charge is 0.259 e. The van der Waals surface area contributed by atoms with E-state index in [1.165, 1.54) is 4.88 Å². The summed E-state index contributed by atoms with van der Waals surface area (Å²) in [5, 5.41) is 4.21. The number of para-hydroxylation sites is 1. The Hall–Kier alpha value is -3.48. The van der Waals surface area contributed by atoms with Gasteiger partial charge >= 0.3 is 0 Å². The third-order valence-electron chi connectivity index (χ3n) is 6.16. The average Bonchev–Trinajstić information content (AvgIpc) is 3.14. The molecule has 0 aliphatic carbocycles. The van der Waals surface area contributed by atoms with Gasteiger partial charge in [0, 0.05) is 29.1 Å². The molecule has 0 bridgehead atoms. The minimum absolute atomic E-state index is 0.134. The van der Waals surface area contributed by atoms with Crippen molar-refractivity contribution in [1.29, 1.82) is 0 Å². The van der Waals surface area contributed by atoms with Crippen LogP contribution in [0.2, 0.25) is 5.02 Å². The predicted molar refractivity (Wildman–Crippen MR) is 143 cm³/mol. The molecule has 0 radical (unpaired) electrons. The van der Waals surface area contributed by atoms with E-state index in [-0.39, 0.29) is 18.2 Å². The van der Waals surface area contributed by atoms with Gasteiger partial charge < -0.3 is 10.2 Å². The van der Waals surface area contributed by atoms with Crippen molar-refractivity contribution >= 4 is 46.1 Å². The Morgan fingerprint density at radius 1 is 1.06 bits per heavy atom. The van der Waals surface area contributed by atoms with Crippen LogP contribution < -0.4 is 10.2 Å². The minimum atomic E-state index is -0.174. The van der Waals surface area contributed by atoms with Gasteiger partial charge in [-0.3, -0.25) is 9.59 Å². The second-order valence-corrected chi connectivity index (χ2v) is 10.3.